The number of nitro benzene ring substituents is 1. The number of hydrogen-bond acceptors (Lipinski definition) is 4. The number of halogens is 6. The molecule has 32 heavy (non-hydrogen) atoms. The van der Waals surface area contributed by atoms with Crippen LogP contribution in [0.2, 0.25) is 0 Å². The van der Waals surface area contributed by atoms with Gasteiger partial charge in [-0.1, -0.05) is 19.3 Å². The average molecular weight is 460 g/mol. The van der Waals surface area contributed by atoms with Gasteiger partial charge in [-0.25, -0.2) is 0 Å². The van der Waals surface area contributed by atoms with Crippen LogP contribution in [0.25, 0.3) is 0 Å². The first-order valence-electron chi connectivity index (χ1n) is 9.71. The first-order chi connectivity index (χ1) is 14.9. The van der Waals surface area contributed by atoms with Gasteiger partial charge in [0.15, 0.2) is 0 Å². The zero-order chi connectivity index (χ0) is 23.7. The minimum atomic E-state index is -5.03. The van der Waals surface area contributed by atoms with Gasteiger partial charge >= 0.3 is 12.4 Å². The fraction of sp³-hybridized carbons (Fsp3) is 0.381. The van der Waals surface area contributed by atoms with Crippen molar-refractivity contribution in [3.05, 3.63) is 62.7 Å². The second-order valence-corrected chi connectivity index (χ2v) is 7.59. The molecule has 0 heterocycles. The van der Waals surface area contributed by atoms with E-state index in [2.05, 4.69) is 4.99 Å². The van der Waals surface area contributed by atoms with Crippen LogP contribution in [0.5, 0.6) is 5.75 Å². The van der Waals surface area contributed by atoms with E-state index in [0.29, 0.717) is 30.5 Å². The summed E-state index contributed by atoms with van der Waals surface area (Å²) in [7, 11) is 0. The first kappa shape index (κ1) is 23.6. The molecule has 1 aliphatic rings. The Morgan fingerprint density at radius 2 is 1.50 bits per heavy atom. The molecule has 3 rings (SSSR count). The fourth-order valence-corrected chi connectivity index (χ4v) is 3.75. The van der Waals surface area contributed by atoms with Crippen molar-refractivity contribution in [3.63, 3.8) is 0 Å². The number of hydrogen-bond donors (Lipinski definition) is 1. The van der Waals surface area contributed by atoms with Gasteiger partial charge in [0.05, 0.1) is 21.7 Å². The molecule has 1 saturated carbocycles. The van der Waals surface area contributed by atoms with E-state index >= 15 is 0 Å². The van der Waals surface area contributed by atoms with Crippen LogP contribution in [0.3, 0.4) is 0 Å². The van der Waals surface area contributed by atoms with E-state index in [4.69, 9.17) is 0 Å². The number of alkyl halides is 6. The number of aliphatic imine (C=N–C) groups is 1. The Hall–Kier alpha value is -3.11. The van der Waals surface area contributed by atoms with E-state index in [9.17, 15) is 41.6 Å². The molecule has 172 valence electrons. The predicted octanol–water partition coefficient (Wildman–Crippen LogP) is 7.14. The number of benzene rings is 2. The predicted molar refractivity (Wildman–Crippen MR) is 104 cm³/mol. The molecule has 0 aliphatic heterocycles. The number of phenols is 1. The van der Waals surface area contributed by atoms with Gasteiger partial charge in [-0.3, -0.25) is 15.1 Å². The quantitative estimate of drug-likeness (QED) is 0.228. The first-order valence-corrected chi connectivity index (χ1v) is 9.71. The summed E-state index contributed by atoms with van der Waals surface area (Å²) in [6.45, 7) is 0. The molecule has 0 aromatic heterocycles. The summed E-state index contributed by atoms with van der Waals surface area (Å²) < 4.78 is 78.2. The van der Waals surface area contributed by atoms with Gasteiger partial charge in [-0.15, -0.1) is 0 Å². The summed E-state index contributed by atoms with van der Waals surface area (Å²) >= 11 is 0. The van der Waals surface area contributed by atoms with Gasteiger partial charge in [-0.2, -0.15) is 26.3 Å². The van der Waals surface area contributed by atoms with Crippen LogP contribution >= 0.6 is 0 Å². The Labute approximate surface area is 178 Å². The monoisotopic (exact) mass is 460 g/mol. The number of nitrogens with zero attached hydrogens (tertiary/aromatic N) is 2. The van der Waals surface area contributed by atoms with Crippen LogP contribution in [0.15, 0.2) is 35.3 Å². The molecule has 5 nitrogen and oxygen atoms in total. The highest BCUT2D eigenvalue weighted by atomic mass is 19.4. The Balaban J connectivity index is 2.07. The molecule has 0 spiro atoms. The van der Waals surface area contributed by atoms with Crippen LogP contribution in [0.4, 0.5) is 37.7 Å². The molecule has 0 atom stereocenters. The number of non-ortho nitro benzene ring substituents is 1. The van der Waals surface area contributed by atoms with E-state index in [1.165, 1.54) is 6.07 Å². The lowest BCUT2D eigenvalue weighted by atomic mass is 9.83. The highest BCUT2D eigenvalue weighted by Gasteiger charge is 2.37. The maximum Gasteiger partial charge on any atom is 0.416 e. The minimum absolute atomic E-state index is 0.0228. The number of phenolic OH excluding ortho intramolecular Hbond substituents is 1. The Morgan fingerprint density at radius 1 is 0.938 bits per heavy atom. The van der Waals surface area contributed by atoms with Crippen LogP contribution < -0.4 is 0 Å². The van der Waals surface area contributed by atoms with E-state index in [0.717, 1.165) is 31.5 Å². The second kappa shape index (κ2) is 8.79. The van der Waals surface area contributed by atoms with Crippen molar-refractivity contribution in [2.45, 2.75) is 50.4 Å². The van der Waals surface area contributed by atoms with Crippen molar-refractivity contribution in [2.24, 2.45) is 4.99 Å². The normalized spacial score (nSPS) is 15.9. The number of nitro groups is 1. The SMILES string of the molecule is O=[N+]([O-])c1cc(C=Nc2cc(C(F)(F)F)cc(C(F)(F)F)c2)c(O)c(C2CCCCC2)c1. The summed E-state index contributed by atoms with van der Waals surface area (Å²) in [5, 5.41) is 21.9. The van der Waals surface area contributed by atoms with E-state index < -0.39 is 34.1 Å². The smallest absolute Gasteiger partial charge is 0.416 e. The van der Waals surface area contributed by atoms with Crippen molar-refractivity contribution in [1.82, 2.24) is 0 Å². The minimum Gasteiger partial charge on any atom is -0.507 e. The van der Waals surface area contributed by atoms with Gasteiger partial charge in [0.1, 0.15) is 5.75 Å². The van der Waals surface area contributed by atoms with Gasteiger partial charge in [0.2, 0.25) is 0 Å². The van der Waals surface area contributed by atoms with Crippen LogP contribution in [0, 0.1) is 10.1 Å². The summed E-state index contributed by atoms with van der Waals surface area (Å²) in [6, 6.07) is 3.06. The third kappa shape index (κ3) is 5.38. The third-order valence-electron chi connectivity index (χ3n) is 5.33. The number of aromatic hydroxyl groups is 1. The topological polar surface area (TPSA) is 75.7 Å². The molecule has 2 aromatic carbocycles. The molecule has 0 bridgehead atoms. The summed E-state index contributed by atoms with van der Waals surface area (Å²) in [4.78, 5) is 14.3. The maximum atomic E-state index is 13.0. The lowest BCUT2D eigenvalue weighted by Crippen LogP contribution is -2.10. The summed E-state index contributed by atoms with van der Waals surface area (Å²) in [5.41, 5.74) is -3.93. The molecule has 0 radical (unpaired) electrons. The van der Waals surface area contributed by atoms with Crippen LogP contribution in [0.1, 0.15) is 60.3 Å². The summed E-state index contributed by atoms with van der Waals surface area (Å²) in [5.74, 6) is -0.463. The Morgan fingerprint density at radius 3 is 2.00 bits per heavy atom. The average Bonchev–Trinajstić information content (AvgIpc) is 2.72. The molecule has 0 unspecified atom stereocenters. The molecule has 1 fully saturated rings. The fourth-order valence-electron chi connectivity index (χ4n) is 3.75. The highest BCUT2D eigenvalue weighted by molar-refractivity contribution is 5.87. The molecule has 0 amide bonds. The zero-order valence-electron chi connectivity index (χ0n) is 16.5. The van der Waals surface area contributed by atoms with Gasteiger partial charge in [0, 0.05) is 29.5 Å². The Kier molecular flexibility index (Phi) is 6.47. The largest absolute Gasteiger partial charge is 0.507 e. The van der Waals surface area contributed by atoms with Gasteiger partial charge < -0.3 is 5.11 Å². The molecule has 0 saturated heterocycles. The molecule has 1 N–H and O–H groups in total. The zero-order valence-corrected chi connectivity index (χ0v) is 16.5. The van der Waals surface area contributed by atoms with E-state index in [1.807, 2.05) is 0 Å². The standard InChI is InChI=1S/C21H18F6N2O3/c22-20(23,24)14-7-15(21(25,26)27)9-16(8-14)28-11-13-6-17(29(31)32)10-18(19(13)30)12-4-2-1-3-5-12/h6-12,30H,1-5H2. The third-order valence-corrected chi connectivity index (χ3v) is 5.33. The van der Waals surface area contributed by atoms with Crippen molar-refractivity contribution < 1.29 is 36.4 Å². The lowest BCUT2D eigenvalue weighted by Gasteiger charge is -2.23. The van der Waals surface area contributed by atoms with Crippen LogP contribution in [-0.4, -0.2) is 16.2 Å². The molecule has 11 heteroatoms. The van der Waals surface area contributed by atoms with Gasteiger partial charge in [0.25, 0.3) is 5.69 Å². The van der Waals surface area contributed by atoms with Crippen molar-refractivity contribution in [1.29, 1.82) is 0 Å². The lowest BCUT2D eigenvalue weighted by molar-refractivity contribution is -0.385. The van der Waals surface area contributed by atoms with E-state index in [1.54, 1.807) is 0 Å². The maximum absolute atomic E-state index is 13.0. The molecule has 1 aliphatic carbocycles. The number of rotatable bonds is 4. The van der Waals surface area contributed by atoms with Crippen molar-refractivity contribution in [3.8, 4) is 5.75 Å². The molecule has 2 aromatic rings. The second-order valence-electron chi connectivity index (χ2n) is 7.59. The van der Waals surface area contributed by atoms with Gasteiger partial charge in [-0.05, 0) is 37.0 Å². The van der Waals surface area contributed by atoms with E-state index in [-0.39, 0.29) is 29.0 Å². The highest BCUT2D eigenvalue weighted by Crippen LogP contribution is 2.41. The summed E-state index contributed by atoms with van der Waals surface area (Å²) in [6.07, 6.45) is -5.08. The van der Waals surface area contributed by atoms with Crippen molar-refractivity contribution >= 4 is 17.6 Å². The van der Waals surface area contributed by atoms with Crippen LogP contribution in [-0.2, 0) is 12.4 Å². The van der Waals surface area contributed by atoms with Crippen molar-refractivity contribution in [2.75, 3.05) is 0 Å². The molecular formula is C21H18F6N2O3. The Bertz CT molecular complexity index is 1010. The molecular weight excluding hydrogens is 442 g/mol.